The van der Waals surface area contributed by atoms with Gasteiger partial charge in [0, 0.05) is 6.04 Å². The molecule has 1 aromatic carbocycles. The molecule has 108 valence electrons. The Kier molecular flexibility index (Phi) is 5.86. The summed E-state index contributed by atoms with van der Waals surface area (Å²) in [5.41, 5.74) is 2.69. The zero-order chi connectivity index (χ0) is 14.5. The average Bonchev–Trinajstić information content (AvgIpc) is 2.33. The van der Waals surface area contributed by atoms with Gasteiger partial charge in [-0.2, -0.15) is 0 Å². The quantitative estimate of drug-likeness (QED) is 0.835. The van der Waals surface area contributed by atoms with E-state index in [9.17, 15) is 0 Å². The average molecular weight is 263 g/mol. The molecule has 0 bridgehead atoms. The lowest BCUT2D eigenvalue weighted by molar-refractivity contribution is 0.267. The van der Waals surface area contributed by atoms with Crippen LogP contribution in [-0.2, 0) is 5.41 Å². The lowest BCUT2D eigenvalue weighted by atomic mass is 9.85. The molecular formula is C17H29NO. The molecule has 2 heteroatoms. The standard InChI is InChI=1S/C17H29NO/c1-7-10-18-14(3)12-19-16-9-8-13(2)11-15(16)17(4,5)6/h8-9,11,14,18H,7,10,12H2,1-6H3. The van der Waals surface area contributed by atoms with Gasteiger partial charge in [-0.25, -0.2) is 0 Å². The fourth-order valence-corrected chi connectivity index (χ4v) is 2.02. The number of rotatable bonds is 6. The molecule has 0 radical (unpaired) electrons. The molecule has 1 unspecified atom stereocenters. The highest BCUT2D eigenvalue weighted by molar-refractivity contribution is 5.41. The predicted molar refractivity (Wildman–Crippen MR) is 83.1 cm³/mol. The van der Waals surface area contributed by atoms with Gasteiger partial charge in [0.2, 0.25) is 0 Å². The molecule has 0 aliphatic rings. The van der Waals surface area contributed by atoms with Gasteiger partial charge in [0.15, 0.2) is 0 Å². The molecule has 1 aromatic rings. The van der Waals surface area contributed by atoms with Gasteiger partial charge in [-0.15, -0.1) is 0 Å². The van der Waals surface area contributed by atoms with Crippen molar-refractivity contribution in [3.05, 3.63) is 29.3 Å². The maximum atomic E-state index is 6.01. The van der Waals surface area contributed by atoms with Crippen molar-refractivity contribution in [2.24, 2.45) is 0 Å². The maximum absolute atomic E-state index is 6.01. The van der Waals surface area contributed by atoms with Crippen LogP contribution in [0.25, 0.3) is 0 Å². The number of hydrogen-bond acceptors (Lipinski definition) is 2. The first-order chi connectivity index (χ1) is 8.84. The van der Waals surface area contributed by atoms with Gasteiger partial charge in [-0.05, 0) is 43.9 Å². The molecule has 0 aliphatic heterocycles. The summed E-state index contributed by atoms with van der Waals surface area (Å²) in [5.74, 6) is 1.02. The molecule has 0 saturated heterocycles. The molecule has 1 atom stereocenters. The Hall–Kier alpha value is -1.02. The van der Waals surface area contributed by atoms with E-state index in [-0.39, 0.29) is 5.41 Å². The van der Waals surface area contributed by atoms with Gasteiger partial charge in [0.05, 0.1) is 0 Å². The molecule has 2 nitrogen and oxygen atoms in total. The molecule has 0 amide bonds. The summed E-state index contributed by atoms with van der Waals surface area (Å²) in [7, 11) is 0. The van der Waals surface area contributed by atoms with Crippen molar-refractivity contribution in [3.8, 4) is 5.75 Å². The first-order valence-electron chi connectivity index (χ1n) is 7.32. The number of ether oxygens (including phenoxy) is 1. The SMILES string of the molecule is CCCNC(C)COc1ccc(C)cc1C(C)(C)C. The fraction of sp³-hybridized carbons (Fsp3) is 0.647. The molecule has 0 saturated carbocycles. The maximum Gasteiger partial charge on any atom is 0.123 e. The molecule has 0 spiro atoms. The summed E-state index contributed by atoms with van der Waals surface area (Å²) in [4.78, 5) is 0. The highest BCUT2D eigenvalue weighted by Gasteiger charge is 2.19. The lowest BCUT2D eigenvalue weighted by Crippen LogP contribution is -2.32. The topological polar surface area (TPSA) is 21.3 Å². The van der Waals surface area contributed by atoms with Gasteiger partial charge in [-0.3, -0.25) is 0 Å². The lowest BCUT2D eigenvalue weighted by Gasteiger charge is -2.24. The Labute approximate surface area is 118 Å². The number of nitrogens with one attached hydrogen (secondary N) is 1. The number of hydrogen-bond donors (Lipinski definition) is 1. The van der Waals surface area contributed by atoms with Crippen molar-refractivity contribution in [1.82, 2.24) is 5.32 Å². The summed E-state index contributed by atoms with van der Waals surface area (Å²) in [5, 5.41) is 3.45. The molecule has 1 N–H and O–H groups in total. The summed E-state index contributed by atoms with van der Waals surface area (Å²) in [6, 6.07) is 6.84. The second-order valence-corrected chi connectivity index (χ2v) is 6.42. The van der Waals surface area contributed by atoms with Crippen LogP contribution < -0.4 is 10.1 Å². The monoisotopic (exact) mass is 263 g/mol. The van der Waals surface area contributed by atoms with Crippen LogP contribution in [0.15, 0.2) is 18.2 Å². The third-order valence-corrected chi connectivity index (χ3v) is 3.17. The van der Waals surface area contributed by atoms with Crippen LogP contribution in [0.2, 0.25) is 0 Å². The van der Waals surface area contributed by atoms with Crippen molar-refractivity contribution in [2.75, 3.05) is 13.2 Å². The number of benzene rings is 1. The van der Waals surface area contributed by atoms with E-state index in [1.165, 1.54) is 11.1 Å². The van der Waals surface area contributed by atoms with E-state index >= 15 is 0 Å². The van der Waals surface area contributed by atoms with Crippen LogP contribution in [0.1, 0.15) is 52.2 Å². The third-order valence-electron chi connectivity index (χ3n) is 3.17. The van der Waals surface area contributed by atoms with Crippen LogP contribution in [0, 0.1) is 6.92 Å². The molecule has 0 fully saturated rings. The van der Waals surface area contributed by atoms with E-state index in [0.717, 1.165) is 18.7 Å². The van der Waals surface area contributed by atoms with Crippen molar-refractivity contribution < 1.29 is 4.74 Å². The van der Waals surface area contributed by atoms with Gasteiger partial charge >= 0.3 is 0 Å². The van der Waals surface area contributed by atoms with Crippen LogP contribution >= 0.6 is 0 Å². The van der Waals surface area contributed by atoms with Crippen LogP contribution in [0.3, 0.4) is 0 Å². The fourth-order valence-electron chi connectivity index (χ4n) is 2.02. The zero-order valence-corrected chi connectivity index (χ0v) is 13.3. The predicted octanol–water partition coefficient (Wildman–Crippen LogP) is 4.06. The Morgan fingerprint density at radius 2 is 1.95 bits per heavy atom. The second-order valence-electron chi connectivity index (χ2n) is 6.42. The summed E-state index contributed by atoms with van der Waals surface area (Å²) >= 11 is 0. The third kappa shape index (κ3) is 5.23. The summed E-state index contributed by atoms with van der Waals surface area (Å²) < 4.78 is 6.01. The first kappa shape index (κ1) is 16.0. The summed E-state index contributed by atoms with van der Waals surface area (Å²) in [6.45, 7) is 14.9. The highest BCUT2D eigenvalue weighted by atomic mass is 16.5. The normalized spacial score (nSPS) is 13.4. The molecule has 19 heavy (non-hydrogen) atoms. The first-order valence-corrected chi connectivity index (χ1v) is 7.32. The number of aryl methyl sites for hydroxylation is 1. The van der Waals surface area contributed by atoms with Gasteiger partial charge < -0.3 is 10.1 Å². The van der Waals surface area contributed by atoms with Crippen LogP contribution in [-0.4, -0.2) is 19.2 Å². The van der Waals surface area contributed by atoms with E-state index in [2.05, 4.69) is 65.1 Å². The van der Waals surface area contributed by atoms with Crippen LogP contribution in [0.4, 0.5) is 0 Å². The Morgan fingerprint density at radius 3 is 2.53 bits per heavy atom. The van der Waals surface area contributed by atoms with E-state index in [1.54, 1.807) is 0 Å². The minimum atomic E-state index is 0.113. The summed E-state index contributed by atoms with van der Waals surface area (Å²) in [6.07, 6.45) is 1.15. The van der Waals surface area contributed by atoms with Crippen molar-refractivity contribution in [1.29, 1.82) is 0 Å². The van der Waals surface area contributed by atoms with E-state index in [0.29, 0.717) is 12.6 Å². The minimum Gasteiger partial charge on any atom is -0.492 e. The van der Waals surface area contributed by atoms with E-state index < -0.39 is 0 Å². The molecular weight excluding hydrogens is 234 g/mol. The van der Waals surface area contributed by atoms with Crippen LogP contribution in [0.5, 0.6) is 5.75 Å². The van der Waals surface area contributed by atoms with Gasteiger partial charge in [0.25, 0.3) is 0 Å². The van der Waals surface area contributed by atoms with Crippen molar-refractivity contribution in [2.45, 2.75) is 59.4 Å². The Bertz CT molecular complexity index is 393. The van der Waals surface area contributed by atoms with Gasteiger partial charge in [0.1, 0.15) is 12.4 Å². The largest absolute Gasteiger partial charge is 0.492 e. The van der Waals surface area contributed by atoms with E-state index in [1.807, 2.05) is 0 Å². The smallest absolute Gasteiger partial charge is 0.123 e. The second kappa shape index (κ2) is 6.95. The van der Waals surface area contributed by atoms with E-state index in [4.69, 9.17) is 4.74 Å². The Balaban J connectivity index is 2.73. The highest BCUT2D eigenvalue weighted by Crippen LogP contribution is 2.32. The molecule has 0 heterocycles. The van der Waals surface area contributed by atoms with Crippen molar-refractivity contribution in [3.63, 3.8) is 0 Å². The molecule has 0 aromatic heterocycles. The molecule has 0 aliphatic carbocycles. The molecule has 1 rings (SSSR count). The zero-order valence-electron chi connectivity index (χ0n) is 13.3. The van der Waals surface area contributed by atoms with Crippen molar-refractivity contribution >= 4 is 0 Å². The Morgan fingerprint density at radius 1 is 1.26 bits per heavy atom. The van der Waals surface area contributed by atoms with Gasteiger partial charge in [-0.1, -0.05) is 45.4 Å². The minimum absolute atomic E-state index is 0.113.